The predicted octanol–water partition coefficient (Wildman–Crippen LogP) is 2.20. The molecular weight excluding hydrogens is 198 g/mol. The number of benzene rings is 1. The summed E-state index contributed by atoms with van der Waals surface area (Å²) in [4.78, 5) is 0. The molecule has 3 nitrogen and oxygen atoms in total. The van der Waals surface area contributed by atoms with Gasteiger partial charge in [-0.15, -0.1) is 0 Å². The average Bonchev–Trinajstić information content (AvgIpc) is 2.74. The zero-order chi connectivity index (χ0) is 11.4. The minimum Gasteiger partial charge on any atom is -0.313 e. The molecule has 16 heavy (non-hydrogen) atoms. The van der Waals surface area contributed by atoms with E-state index in [-0.39, 0.29) is 0 Å². The third-order valence-corrected chi connectivity index (χ3v) is 2.54. The first-order valence-electron chi connectivity index (χ1n) is 5.58. The van der Waals surface area contributed by atoms with Crippen molar-refractivity contribution < 1.29 is 0 Å². The van der Waals surface area contributed by atoms with Crippen LogP contribution in [0, 0.1) is 0 Å². The molecule has 0 unspecified atom stereocenters. The lowest BCUT2D eigenvalue weighted by Crippen LogP contribution is -2.11. The molecule has 0 atom stereocenters. The number of rotatable bonds is 4. The third-order valence-electron chi connectivity index (χ3n) is 2.54. The summed E-state index contributed by atoms with van der Waals surface area (Å²) < 4.78 is 1.83. The number of nitrogens with zero attached hydrogens (tertiary/aromatic N) is 2. The fourth-order valence-corrected chi connectivity index (χ4v) is 1.70. The van der Waals surface area contributed by atoms with Gasteiger partial charge in [-0.25, -0.2) is 0 Å². The second kappa shape index (κ2) is 4.94. The van der Waals surface area contributed by atoms with Gasteiger partial charge in [0.2, 0.25) is 0 Å². The summed E-state index contributed by atoms with van der Waals surface area (Å²) in [6, 6.07) is 8.56. The largest absolute Gasteiger partial charge is 0.313 e. The first kappa shape index (κ1) is 10.9. The van der Waals surface area contributed by atoms with Crippen molar-refractivity contribution in [2.75, 3.05) is 6.54 Å². The van der Waals surface area contributed by atoms with Gasteiger partial charge in [0.1, 0.15) is 0 Å². The first-order valence-corrected chi connectivity index (χ1v) is 5.58. The van der Waals surface area contributed by atoms with Crippen LogP contribution in [0.4, 0.5) is 0 Å². The van der Waals surface area contributed by atoms with Crippen molar-refractivity contribution in [2.24, 2.45) is 7.05 Å². The zero-order valence-corrected chi connectivity index (χ0v) is 9.77. The summed E-state index contributed by atoms with van der Waals surface area (Å²) in [6.45, 7) is 4.03. The molecule has 0 amide bonds. The van der Waals surface area contributed by atoms with Crippen molar-refractivity contribution in [1.29, 1.82) is 0 Å². The van der Waals surface area contributed by atoms with Crippen molar-refractivity contribution in [2.45, 2.75) is 13.5 Å². The maximum absolute atomic E-state index is 4.19. The Hall–Kier alpha value is -1.61. The van der Waals surface area contributed by atoms with E-state index in [0.717, 1.165) is 13.1 Å². The van der Waals surface area contributed by atoms with Gasteiger partial charge >= 0.3 is 0 Å². The molecule has 1 N–H and O–H groups in total. The van der Waals surface area contributed by atoms with Crippen LogP contribution in [-0.2, 0) is 13.6 Å². The second-order valence-corrected chi connectivity index (χ2v) is 3.88. The van der Waals surface area contributed by atoms with Crippen LogP contribution in [-0.4, -0.2) is 16.3 Å². The van der Waals surface area contributed by atoms with Gasteiger partial charge in [-0.2, -0.15) is 5.10 Å². The molecule has 2 rings (SSSR count). The van der Waals surface area contributed by atoms with Gasteiger partial charge in [0.15, 0.2) is 0 Å². The van der Waals surface area contributed by atoms with Crippen LogP contribution in [0.1, 0.15) is 12.5 Å². The molecule has 1 aromatic carbocycles. The molecule has 1 heterocycles. The number of nitrogens with one attached hydrogen (secondary N) is 1. The first-order chi connectivity index (χ1) is 7.79. The molecule has 0 radical (unpaired) electrons. The average molecular weight is 215 g/mol. The molecule has 0 aliphatic heterocycles. The Morgan fingerprint density at radius 2 is 2.19 bits per heavy atom. The highest BCUT2D eigenvalue weighted by Gasteiger charge is 2.00. The summed E-state index contributed by atoms with van der Waals surface area (Å²) in [5.41, 5.74) is 3.70. The van der Waals surface area contributed by atoms with Crippen LogP contribution in [0.25, 0.3) is 11.1 Å². The SMILES string of the molecule is CCNCc1cccc(-c2cnn(C)c2)c1. The van der Waals surface area contributed by atoms with Crippen LogP contribution in [0.2, 0.25) is 0 Å². The molecule has 0 fully saturated rings. The van der Waals surface area contributed by atoms with E-state index >= 15 is 0 Å². The van der Waals surface area contributed by atoms with Crippen molar-refractivity contribution in [1.82, 2.24) is 15.1 Å². The molecule has 84 valence electrons. The Bertz CT molecular complexity index is 460. The van der Waals surface area contributed by atoms with Crippen LogP contribution in [0.3, 0.4) is 0 Å². The number of aromatic nitrogens is 2. The fraction of sp³-hybridized carbons (Fsp3) is 0.308. The number of hydrogen-bond acceptors (Lipinski definition) is 2. The Kier molecular flexibility index (Phi) is 3.37. The van der Waals surface area contributed by atoms with Gasteiger partial charge in [-0.05, 0) is 23.7 Å². The lowest BCUT2D eigenvalue weighted by Gasteiger charge is -2.04. The van der Waals surface area contributed by atoms with Gasteiger partial charge in [0.25, 0.3) is 0 Å². The minimum atomic E-state index is 0.921. The maximum Gasteiger partial charge on any atom is 0.0568 e. The number of aryl methyl sites for hydroxylation is 1. The maximum atomic E-state index is 4.19. The van der Waals surface area contributed by atoms with E-state index in [1.807, 2.05) is 24.1 Å². The van der Waals surface area contributed by atoms with Gasteiger partial charge in [0.05, 0.1) is 6.20 Å². The Balaban J connectivity index is 2.22. The van der Waals surface area contributed by atoms with Crippen molar-refractivity contribution in [3.63, 3.8) is 0 Å². The monoisotopic (exact) mass is 215 g/mol. The van der Waals surface area contributed by atoms with E-state index in [4.69, 9.17) is 0 Å². The van der Waals surface area contributed by atoms with Gasteiger partial charge in [-0.3, -0.25) is 4.68 Å². The smallest absolute Gasteiger partial charge is 0.0568 e. The van der Waals surface area contributed by atoms with Crippen molar-refractivity contribution in [3.8, 4) is 11.1 Å². The standard InChI is InChI=1S/C13H17N3/c1-3-14-8-11-5-4-6-12(7-11)13-9-15-16(2)10-13/h4-7,9-10,14H,3,8H2,1-2H3. The van der Waals surface area contributed by atoms with Crippen LogP contribution in [0.15, 0.2) is 36.7 Å². The molecule has 0 saturated carbocycles. The lowest BCUT2D eigenvalue weighted by atomic mass is 10.1. The topological polar surface area (TPSA) is 29.9 Å². The Morgan fingerprint density at radius 1 is 1.31 bits per heavy atom. The second-order valence-electron chi connectivity index (χ2n) is 3.88. The van der Waals surface area contributed by atoms with Crippen LogP contribution in [0.5, 0.6) is 0 Å². The van der Waals surface area contributed by atoms with E-state index < -0.39 is 0 Å². The normalized spacial score (nSPS) is 10.6. The zero-order valence-electron chi connectivity index (χ0n) is 9.77. The van der Waals surface area contributed by atoms with Crippen molar-refractivity contribution >= 4 is 0 Å². The van der Waals surface area contributed by atoms with E-state index in [1.165, 1.54) is 16.7 Å². The predicted molar refractivity (Wildman–Crippen MR) is 66.0 cm³/mol. The quantitative estimate of drug-likeness (QED) is 0.847. The minimum absolute atomic E-state index is 0.921. The molecule has 0 aliphatic rings. The van der Waals surface area contributed by atoms with E-state index in [1.54, 1.807) is 0 Å². The summed E-state index contributed by atoms with van der Waals surface area (Å²) >= 11 is 0. The van der Waals surface area contributed by atoms with Gasteiger partial charge < -0.3 is 5.32 Å². The Morgan fingerprint density at radius 3 is 2.88 bits per heavy atom. The third kappa shape index (κ3) is 2.49. The number of hydrogen-bond donors (Lipinski definition) is 1. The molecule has 3 heteroatoms. The van der Waals surface area contributed by atoms with Gasteiger partial charge in [-0.1, -0.05) is 25.1 Å². The molecule has 1 aromatic heterocycles. The molecule has 0 aliphatic carbocycles. The van der Waals surface area contributed by atoms with Crippen LogP contribution < -0.4 is 5.32 Å². The molecule has 0 bridgehead atoms. The molecule has 0 saturated heterocycles. The summed E-state index contributed by atoms with van der Waals surface area (Å²) in [5.74, 6) is 0. The molecular formula is C13H17N3. The Labute approximate surface area is 96.1 Å². The highest BCUT2D eigenvalue weighted by molar-refractivity contribution is 5.62. The highest BCUT2D eigenvalue weighted by Crippen LogP contribution is 2.19. The molecule has 0 spiro atoms. The fourth-order valence-electron chi connectivity index (χ4n) is 1.70. The van der Waals surface area contributed by atoms with Crippen LogP contribution >= 0.6 is 0 Å². The van der Waals surface area contributed by atoms with E-state index in [9.17, 15) is 0 Å². The summed E-state index contributed by atoms with van der Waals surface area (Å²) in [6.07, 6.45) is 3.93. The lowest BCUT2D eigenvalue weighted by molar-refractivity contribution is 0.727. The molecule has 2 aromatic rings. The van der Waals surface area contributed by atoms with Crippen molar-refractivity contribution in [3.05, 3.63) is 42.2 Å². The van der Waals surface area contributed by atoms with E-state index in [2.05, 4.69) is 41.6 Å². The van der Waals surface area contributed by atoms with E-state index in [0.29, 0.717) is 0 Å². The highest BCUT2D eigenvalue weighted by atomic mass is 15.2. The summed E-state index contributed by atoms with van der Waals surface area (Å²) in [7, 11) is 1.94. The van der Waals surface area contributed by atoms with Gasteiger partial charge in [0, 0.05) is 25.4 Å². The summed E-state index contributed by atoms with van der Waals surface area (Å²) in [5, 5.41) is 7.51.